The lowest BCUT2D eigenvalue weighted by Crippen LogP contribution is -2.34. The van der Waals surface area contributed by atoms with Gasteiger partial charge in [0.05, 0.1) is 0 Å². The molecule has 4 heteroatoms. The number of rotatable bonds is 6. The Kier molecular flexibility index (Phi) is 4.44. The molecular weight excluding hydrogens is 228 g/mol. The Morgan fingerprint density at radius 3 is 2.83 bits per heavy atom. The fourth-order valence-corrected chi connectivity index (χ4v) is 2.14. The third-order valence-electron chi connectivity index (χ3n) is 2.95. The van der Waals surface area contributed by atoms with Gasteiger partial charge in [0, 0.05) is 19.1 Å². The predicted molar refractivity (Wildman–Crippen MR) is 71.7 cm³/mol. The first-order chi connectivity index (χ1) is 8.65. The zero-order valence-electron chi connectivity index (χ0n) is 11.1. The average molecular weight is 250 g/mol. The van der Waals surface area contributed by atoms with Gasteiger partial charge in [0.2, 0.25) is 6.79 Å². The molecule has 0 fully saturated rings. The molecule has 0 aromatic heterocycles. The predicted octanol–water partition coefficient (Wildman–Crippen LogP) is 1.88. The monoisotopic (exact) mass is 250 g/mol. The number of hydrogen-bond acceptors (Lipinski definition) is 4. The van der Waals surface area contributed by atoms with Gasteiger partial charge in [-0.2, -0.15) is 0 Å². The summed E-state index contributed by atoms with van der Waals surface area (Å²) in [6, 6.07) is 6.24. The highest BCUT2D eigenvalue weighted by Crippen LogP contribution is 2.32. The zero-order chi connectivity index (χ0) is 13.0. The number of nitrogens with one attached hydrogen (secondary N) is 1. The molecule has 2 rings (SSSR count). The maximum atomic E-state index is 6.02. The van der Waals surface area contributed by atoms with Crippen LogP contribution < -0.4 is 20.5 Å². The van der Waals surface area contributed by atoms with Crippen LogP contribution in [0.3, 0.4) is 0 Å². The van der Waals surface area contributed by atoms with Crippen LogP contribution in [-0.4, -0.2) is 19.4 Å². The minimum atomic E-state index is 0.221. The fraction of sp³-hybridized carbons (Fsp3) is 0.571. The van der Waals surface area contributed by atoms with E-state index in [4.69, 9.17) is 15.2 Å². The van der Waals surface area contributed by atoms with Crippen LogP contribution in [0.15, 0.2) is 18.2 Å². The highest BCUT2D eigenvalue weighted by atomic mass is 16.7. The second-order valence-electron chi connectivity index (χ2n) is 5.21. The van der Waals surface area contributed by atoms with Gasteiger partial charge in [0.25, 0.3) is 0 Å². The molecule has 0 saturated carbocycles. The number of benzene rings is 1. The van der Waals surface area contributed by atoms with Crippen molar-refractivity contribution in [2.24, 2.45) is 11.7 Å². The summed E-state index contributed by atoms with van der Waals surface area (Å²) in [5.74, 6) is 2.31. The van der Waals surface area contributed by atoms with Crippen molar-refractivity contribution in [1.29, 1.82) is 0 Å². The molecule has 0 radical (unpaired) electrons. The molecule has 18 heavy (non-hydrogen) atoms. The van der Waals surface area contributed by atoms with Gasteiger partial charge < -0.3 is 20.5 Å². The van der Waals surface area contributed by atoms with E-state index in [1.54, 1.807) is 0 Å². The molecular formula is C14H22N2O2. The van der Waals surface area contributed by atoms with Crippen molar-refractivity contribution in [3.8, 4) is 11.5 Å². The van der Waals surface area contributed by atoms with E-state index in [0.29, 0.717) is 12.7 Å². The Labute approximate surface area is 108 Å². The van der Waals surface area contributed by atoms with Gasteiger partial charge in [0.15, 0.2) is 11.5 Å². The van der Waals surface area contributed by atoms with Gasteiger partial charge in [-0.15, -0.1) is 0 Å². The zero-order valence-corrected chi connectivity index (χ0v) is 11.1. The van der Waals surface area contributed by atoms with E-state index in [0.717, 1.165) is 31.0 Å². The first-order valence-corrected chi connectivity index (χ1v) is 6.50. The Morgan fingerprint density at radius 1 is 1.28 bits per heavy atom. The molecule has 1 aromatic carbocycles. The molecule has 0 aliphatic carbocycles. The number of ether oxygens (including phenoxy) is 2. The highest BCUT2D eigenvalue weighted by Gasteiger charge is 2.13. The molecule has 1 aliphatic rings. The Hall–Kier alpha value is -1.26. The van der Waals surface area contributed by atoms with E-state index >= 15 is 0 Å². The van der Waals surface area contributed by atoms with E-state index in [2.05, 4.69) is 25.2 Å². The van der Waals surface area contributed by atoms with Gasteiger partial charge in [-0.05, 0) is 30.0 Å². The number of fused-ring (bicyclic) bond motifs is 1. The van der Waals surface area contributed by atoms with Crippen LogP contribution in [-0.2, 0) is 6.54 Å². The van der Waals surface area contributed by atoms with Crippen LogP contribution in [0.5, 0.6) is 11.5 Å². The van der Waals surface area contributed by atoms with Crippen LogP contribution in [0.2, 0.25) is 0 Å². The molecule has 3 N–H and O–H groups in total. The Balaban J connectivity index is 1.77. The van der Waals surface area contributed by atoms with Crippen LogP contribution in [0.25, 0.3) is 0 Å². The van der Waals surface area contributed by atoms with Crippen molar-refractivity contribution in [3.63, 3.8) is 0 Å². The van der Waals surface area contributed by atoms with Crippen molar-refractivity contribution in [2.75, 3.05) is 13.3 Å². The number of hydrogen-bond donors (Lipinski definition) is 2. The molecule has 1 aromatic rings. The van der Waals surface area contributed by atoms with Crippen molar-refractivity contribution in [3.05, 3.63) is 23.8 Å². The lowest BCUT2D eigenvalue weighted by Gasteiger charge is -2.14. The standard InChI is InChI=1S/C14H22N2O2/c1-10(2)5-12(15)8-16-7-11-3-4-13-14(6-11)18-9-17-13/h3-4,6,10,12,16H,5,7-9,15H2,1-2H3. The Morgan fingerprint density at radius 2 is 2.06 bits per heavy atom. The van der Waals surface area contributed by atoms with Gasteiger partial charge in [-0.1, -0.05) is 19.9 Å². The van der Waals surface area contributed by atoms with E-state index in [1.165, 1.54) is 5.56 Å². The first kappa shape index (κ1) is 13.2. The van der Waals surface area contributed by atoms with E-state index < -0.39 is 0 Å². The van der Waals surface area contributed by atoms with Crippen LogP contribution in [0.4, 0.5) is 0 Å². The highest BCUT2D eigenvalue weighted by molar-refractivity contribution is 5.44. The second kappa shape index (κ2) is 6.07. The summed E-state index contributed by atoms with van der Waals surface area (Å²) in [6.07, 6.45) is 1.05. The number of nitrogens with two attached hydrogens (primary N) is 1. The molecule has 0 amide bonds. The fourth-order valence-electron chi connectivity index (χ4n) is 2.14. The second-order valence-corrected chi connectivity index (χ2v) is 5.21. The lowest BCUT2D eigenvalue weighted by molar-refractivity contribution is 0.174. The minimum absolute atomic E-state index is 0.221. The van der Waals surface area contributed by atoms with E-state index in [-0.39, 0.29) is 6.04 Å². The van der Waals surface area contributed by atoms with Crippen molar-refractivity contribution < 1.29 is 9.47 Å². The summed E-state index contributed by atoms with van der Waals surface area (Å²) >= 11 is 0. The topological polar surface area (TPSA) is 56.5 Å². The molecule has 100 valence electrons. The summed E-state index contributed by atoms with van der Waals surface area (Å²) in [5.41, 5.74) is 7.21. The van der Waals surface area contributed by atoms with Crippen molar-refractivity contribution >= 4 is 0 Å². The maximum absolute atomic E-state index is 6.02. The molecule has 1 aliphatic heterocycles. The molecule has 1 heterocycles. The van der Waals surface area contributed by atoms with Gasteiger partial charge in [-0.25, -0.2) is 0 Å². The smallest absolute Gasteiger partial charge is 0.231 e. The van der Waals surface area contributed by atoms with Crippen molar-refractivity contribution in [1.82, 2.24) is 5.32 Å². The van der Waals surface area contributed by atoms with Crippen LogP contribution in [0.1, 0.15) is 25.8 Å². The first-order valence-electron chi connectivity index (χ1n) is 6.50. The average Bonchev–Trinajstić information content (AvgIpc) is 2.75. The quantitative estimate of drug-likeness (QED) is 0.809. The van der Waals surface area contributed by atoms with Gasteiger partial charge >= 0.3 is 0 Å². The normalized spacial score (nSPS) is 15.1. The molecule has 1 unspecified atom stereocenters. The summed E-state index contributed by atoms with van der Waals surface area (Å²) < 4.78 is 10.6. The van der Waals surface area contributed by atoms with E-state index in [1.807, 2.05) is 12.1 Å². The molecule has 4 nitrogen and oxygen atoms in total. The Bertz CT molecular complexity index is 393. The molecule has 0 saturated heterocycles. The van der Waals surface area contributed by atoms with Crippen LogP contribution in [0, 0.1) is 5.92 Å². The summed E-state index contributed by atoms with van der Waals surface area (Å²) in [6.45, 7) is 6.36. The molecule has 0 spiro atoms. The van der Waals surface area contributed by atoms with Gasteiger partial charge in [-0.3, -0.25) is 0 Å². The van der Waals surface area contributed by atoms with Crippen LogP contribution >= 0.6 is 0 Å². The SMILES string of the molecule is CC(C)CC(N)CNCc1ccc2c(c1)OCO2. The summed E-state index contributed by atoms with van der Waals surface area (Å²) in [4.78, 5) is 0. The lowest BCUT2D eigenvalue weighted by atomic mass is 10.0. The largest absolute Gasteiger partial charge is 0.454 e. The third kappa shape index (κ3) is 3.62. The van der Waals surface area contributed by atoms with Crippen molar-refractivity contribution in [2.45, 2.75) is 32.9 Å². The molecule has 0 bridgehead atoms. The van der Waals surface area contributed by atoms with Gasteiger partial charge in [0.1, 0.15) is 0 Å². The third-order valence-corrected chi connectivity index (χ3v) is 2.95. The summed E-state index contributed by atoms with van der Waals surface area (Å²) in [7, 11) is 0. The maximum Gasteiger partial charge on any atom is 0.231 e. The summed E-state index contributed by atoms with van der Waals surface area (Å²) in [5, 5.41) is 3.38. The van der Waals surface area contributed by atoms with E-state index in [9.17, 15) is 0 Å². The molecule has 1 atom stereocenters. The minimum Gasteiger partial charge on any atom is -0.454 e.